The normalized spacial score (nSPS) is 23.5. The number of aromatic nitrogens is 6. The second-order valence-electron chi connectivity index (χ2n) is 20.5. The fraction of sp³-hybridized carbons (Fsp3) is 0.500. The summed E-state index contributed by atoms with van der Waals surface area (Å²) in [6.07, 6.45) is -10.8. The van der Waals surface area contributed by atoms with E-state index in [-0.39, 0.29) is 51.2 Å². The second-order valence-corrected chi connectivity index (χ2v) is 22.9. The summed E-state index contributed by atoms with van der Waals surface area (Å²) in [4.78, 5) is 75.4. The number of nitrogens with zero attached hydrogens (tertiary/aromatic N) is 6. The first-order valence-corrected chi connectivity index (χ1v) is 30.0. The van der Waals surface area contributed by atoms with Crippen LogP contribution in [0.4, 0.5) is 0 Å². The van der Waals surface area contributed by atoms with Crippen molar-refractivity contribution >= 4 is 59.1 Å². The molecule has 0 aliphatic carbocycles. The molecule has 466 valence electrons. The van der Waals surface area contributed by atoms with Crippen LogP contribution >= 0.6 is 23.5 Å². The van der Waals surface area contributed by atoms with Crippen molar-refractivity contribution < 1.29 is 88.6 Å². The molecule has 2 aromatic heterocycles. The number of aliphatic carboxylic acids is 2. The lowest BCUT2D eigenvalue weighted by Crippen LogP contribution is -2.67. The maximum absolute atomic E-state index is 12.9. The van der Waals surface area contributed by atoms with Gasteiger partial charge in [-0.15, -0.1) is 10.2 Å². The summed E-state index contributed by atoms with van der Waals surface area (Å²) in [5, 5.41) is 114. The molecule has 0 bridgehead atoms. The number of amides is 4. The Hall–Kier alpha value is -6.94. The molecule has 5 aromatic rings. The van der Waals surface area contributed by atoms with Crippen molar-refractivity contribution in [2.75, 3.05) is 49.3 Å². The van der Waals surface area contributed by atoms with Crippen LogP contribution in [0.2, 0.25) is 0 Å². The number of rotatable bonds is 32. The third-order valence-corrected chi connectivity index (χ3v) is 16.1. The van der Waals surface area contributed by atoms with Gasteiger partial charge in [0.1, 0.15) is 48.0 Å². The molecule has 30 heteroatoms. The zero-order valence-electron chi connectivity index (χ0n) is 47.1. The van der Waals surface area contributed by atoms with E-state index in [0.29, 0.717) is 58.4 Å². The van der Waals surface area contributed by atoms with Gasteiger partial charge in [0.25, 0.3) is 23.4 Å². The van der Waals surface area contributed by atoms with Crippen LogP contribution in [0.15, 0.2) is 97.3 Å². The predicted molar refractivity (Wildman–Crippen MR) is 309 cm³/mol. The maximum atomic E-state index is 12.9. The number of nitrogens with one attached hydrogen (secondary N) is 4. The van der Waals surface area contributed by atoms with E-state index in [2.05, 4.69) is 41.9 Å². The maximum Gasteiger partial charge on any atom is 0.364 e. The summed E-state index contributed by atoms with van der Waals surface area (Å²) in [6, 6.07) is 21.6. The lowest BCUT2D eigenvalue weighted by Gasteiger charge is -2.46. The number of carbonyl (C=O) groups excluding carboxylic acids is 4. The first kappa shape index (κ1) is 66.6. The molecule has 12 atom stereocenters. The molecule has 12 N–H and O–H groups in total. The van der Waals surface area contributed by atoms with Crippen molar-refractivity contribution in [1.82, 2.24) is 51.3 Å². The molecule has 7 rings (SSSR count). The largest absolute Gasteiger partial charge is 0.477 e. The Labute approximate surface area is 502 Å². The van der Waals surface area contributed by atoms with Crippen LogP contribution in [0.25, 0.3) is 22.5 Å². The average Bonchev–Trinajstić information content (AvgIpc) is 1.25. The SMILES string of the molecule is CC(=O)N[C@H]1[C@H]([C@H](O)[C@H](O)Cn2cc(-c3ccccc3)nn2)O[C@@](OCCCSCCNC(=O)c2ccc(C(=O)NCCSCCCO[C@]3(C(=O)O)C[C@H](O)[C@@H](NC(C)=O)[C@H]([C@H](O)[C@H](O)Cn4cc(-c5ccccc5)nn4)O3)cc2)(C(=O)O)C[C@@H]1O. The van der Waals surface area contributed by atoms with Gasteiger partial charge in [-0.25, -0.2) is 19.0 Å². The van der Waals surface area contributed by atoms with E-state index >= 15 is 0 Å². The standard InChI is InChI=1S/C56H72N10O18S2/c1-33(67)59-45-41(69)27-55(53(77)78,83-49(45)47(73)43(71)31-65-29-39(61-63-65)35-11-5-3-6-12-35)81-21-9-23-85-25-19-57-51(75)37-15-17-38(18-16-37)52(76)58-20-26-86-24-10-22-82-56(54(79)80)28-42(70)46(60-34(2)68)50(84-56)48(74)44(72)32-66-30-40(62-64-66)36-13-7-4-8-14-36/h3-8,11-18,29-30,41-50,69-74H,9-10,19-28,31-32H2,1-2H3,(H,57,75)(H,58,76)(H,59,67)(H,60,68)(H,77,78)(H,79,80)/t41-,42-,43+,44+,45+,46+,47+,48+,49+,50+,55+,56+/m0/s1. The Balaban J connectivity index is 0.778. The summed E-state index contributed by atoms with van der Waals surface area (Å²) in [6.45, 7) is 2.01. The molecule has 0 radical (unpaired) electrons. The fourth-order valence-corrected chi connectivity index (χ4v) is 11.2. The molecule has 86 heavy (non-hydrogen) atoms. The Morgan fingerprint density at radius 2 is 0.965 bits per heavy atom. The number of carboxylic acid groups (broad SMARTS) is 2. The van der Waals surface area contributed by atoms with Gasteiger partial charge < -0.3 is 81.1 Å². The molecule has 2 aliphatic heterocycles. The number of benzene rings is 3. The smallest absolute Gasteiger partial charge is 0.364 e. The topological polar surface area (TPSA) is 411 Å². The van der Waals surface area contributed by atoms with E-state index in [1.54, 1.807) is 12.4 Å². The summed E-state index contributed by atoms with van der Waals surface area (Å²) in [7, 11) is 0. The summed E-state index contributed by atoms with van der Waals surface area (Å²) < 4.78 is 25.8. The third-order valence-electron chi connectivity index (χ3n) is 14.0. The van der Waals surface area contributed by atoms with Crippen molar-refractivity contribution in [1.29, 1.82) is 0 Å². The summed E-state index contributed by atoms with van der Waals surface area (Å²) in [5.74, 6) is -8.11. The lowest BCUT2D eigenvalue weighted by atomic mass is 9.88. The van der Waals surface area contributed by atoms with Gasteiger partial charge in [-0.3, -0.25) is 19.2 Å². The van der Waals surface area contributed by atoms with Gasteiger partial charge in [0.05, 0.1) is 63.0 Å². The molecule has 2 fully saturated rings. The molecule has 28 nitrogen and oxygen atoms in total. The molecular formula is C56H72N10O18S2. The van der Waals surface area contributed by atoms with E-state index < -0.39 is 109 Å². The molecule has 2 aliphatic rings. The minimum Gasteiger partial charge on any atom is -0.477 e. The molecule has 2 saturated heterocycles. The highest BCUT2D eigenvalue weighted by atomic mass is 32.2. The predicted octanol–water partition coefficient (Wildman–Crippen LogP) is -0.342. The van der Waals surface area contributed by atoms with Crippen LogP contribution < -0.4 is 21.3 Å². The van der Waals surface area contributed by atoms with Gasteiger partial charge in [-0.1, -0.05) is 71.1 Å². The number of hydrogen-bond donors (Lipinski definition) is 12. The van der Waals surface area contributed by atoms with Crippen molar-refractivity contribution in [3.05, 3.63) is 108 Å². The third kappa shape index (κ3) is 18.1. The Morgan fingerprint density at radius 1 is 0.593 bits per heavy atom. The Bertz CT molecular complexity index is 2820. The van der Waals surface area contributed by atoms with Gasteiger partial charge in [0.15, 0.2) is 0 Å². The minimum absolute atomic E-state index is 0.150. The highest BCUT2D eigenvalue weighted by Crippen LogP contribution is 2.36. The van der Waals surface area contributed by atoms with E-state index in [4.69, 9.17) is 18.9 Å². The van der Waals surface area contributed by atoms with Gasteiger partial charge in [0.2, 0.25) is 11.8 Å². The number of carboxylic acids is 2. The Morgan fingerprint density at radius 3 is 1.31 bits per heavy atom. The van der Waals surface area contributed by atoms with Crippen LogP contribution in [0.1, 0.15) is 60.2 Å². The molecule has 0 unspecified atom stereocenters. The fourth-order valence-electron chi connectivity index (χ4n) is 9.65. The zero-order chi connectivity index (χ0) is 62.0. The van der Waals surface area contributed by atoms with Crippen molar-refractivity contribution in [3.8, 4) is 22.5 Å². The van der Waals surface area contributed by atoms with E-state index in [0.717, 1.165) is 11.1 Å². The first-order chi connectivity index (χ1) is 41.2. The number of thioether (sulfide) groups is 2. The molecule has 4 amide bonds. The van der Waals surface area contributed by atoms with Crippen molar-refractivity contribution in [2.24, 2.45) is 0 Å². The number of aliphatic hydroxyl groups is 6. The van der Waals surface area contributed by atoms with Crippen LogP contribution in [0, 0.1) is 0 Å². The molecular weight excluding hydrogens is 1160 g/mol. The first-order valence-electron chi connectivity index (χ1n) is 27.6. The highest BCUT2D eigenvalue weighted by Gasteiger charge is 2.57. The van der Waals surface area contributed by atoms with Crippen LogP contribution in [0.5, 0.6) is 0 Å². The number of aliphatic hydroxyl groups excluding tert-OH is 6. The molecule has 0 spiro atoms. The summed E-state index contributed by atoms with van der Waals surface area (Å²) >= 11 is 2.89. The second kappa shape index (κ2) is 31.6. The Kier molecular flexibility index (Phi) is 24.5. The van der Waals surface area contributed by atoms with Crippen molar-refractivity contribution in [3.63, 3.8) is 0 Å². The minimum atomic E-state index is -2.44. The van der Waals surface area contributed by atoms with Crippen molar-refractivity contribution in [2.45, 2.75) is 125 Å². The summed E-state index contributed by atoms with van der Waals surface area (Å²) in [5.41, 5.74) is 3.15. The van der Waals surface area contributed by atoms with E-state index in [1.807, 2.05) is 60.7 Å². The monoisotopic (exact) mass is 1240 g/mol. The van der Waals surface area contributed by atoms with Gasteiger partial charge in [-0.2, -0.15) is 23.5 Å². The van der Waals surface area contributed by atoms with Crippen LogP contribution in [-0.4, -0.2) is 228 Å². The molecule has 4 heterocycles. The quantitative estimate of drug-likeness (QED) is 0.0245. The number of hydrogen-bond acceptors (Lipinski definition) is 22. The van der Waals surface area contributed by atoms with Gasteiger partial charge >= 0.3 is 11.9 Å². The number of carbonyl (C=O) groups is 6. The van der Waals surface area contributed by atoms with Crippen LogP contribution in [0.3, 0.4) is 0 Å². The van der Waals surface area contributed by atoms with Crippen LogP contribution in [-0.2, 0) is 51.2 Å². The van der Waals surface area contributed by atoms with E-state index in [1.165, 1.54) is 71.0 Å². The van der Waals surface area contributed by atoms with Gasteiger partial charge in [0, 0.05) is 73.5 Å². The van der Waals surface area contributed by atoms with E-state index in [9.17, 15) is 69.6 Å². The molecule has 0 saturated carbocycles. The molecule has 3 aromatic carbocycles. The number of ether oxygens (including phenoxy) is 4. The van der Waals surface area contributed by atoms with Gasteiger partial charge in [-0.05, 0) is 48.6 Å². The highest BCUT2D eigenvalue weighted by molar-refractivity contribution is 7.99. The average molecular weight is 1240 g/mol. The lowest BCUT2D eigenvalue weighted by molar-refractivity contribution is -0.310. The zero-order valence-corrected chi connectivity index (χ0v) is 48.7.